The van der Waals surface area contributed by atoms with Gasteiger partial charge in [0.1, 0.15) is 11.0 Å². The average Bonchev–Trinajstić information content (AvgIpc) is 2.55. The number of benzene rings is 1. The standard InChI is InChI=1S/C21H32O4Si/c1-6-24-18(22)20-14-9-13-19(2,25-26(3,4)5)21(20,23)17-11-8-7-10-16(17)12-15-20/h7-8,10-11,23H,6,9,12-15H2,1-5H3/t19-,20-,21+/m1/s1. The molecule has 5 heteroatoms. The fraction of sp³-hybridized carbons (Fsp3) is 0.667. The average molecular weight is 377 g/mol. The van der Waals surface area contributed by atoms with Gasteiger partial charge >= 0.3 is 5.97 Å². The van der Waals surface area contributed by atoms with E-state index in [4.69, 9.17) is 9.16 Å². The minimum absolute atomic E-state index is 0.276. The van der Waals surface area contributed by atoms with Crippen molar-refractivity contribution in [1.82, 2.24) is 0 Å². The van der Waals surface area contributed by atoms with Crippen LogP contribution in [0.2, 0.25) is 19.6 Å². The van der Waals surface area contributed by atoms with Gasteiger partial charge in [0.25, 0.3) is 0 Å². The first kappa shape index (κ1) is 19.6. The summed E-state index contributed by atoms with van der Waals surface area (Å²) in [6.45, 7) is 10.6. The van der Waals surface area contributed by atoms with Gasteiger partial charge in [0.2, 0.25) is 0 Å². The number of hydrogen-bond acceptors (Lipinski definition) is 4. The Bertz CT molecular complexity index is 697. The zero-order valence-electron chi connectivity index (χ0n) is 16.7. The minimum Gasteiger partial charge on any atom is -0.465 e. The molecule has 0 aromatic heterocycles. The first-order valence-electron chi connectivity index (χ1n) is 9.78. The van der Waals surface area contributed by atoms with Gasteiger partial charge in [-0.05, 0) is 76.7 Å². The van der Waals surface area contributed by atoms with Crippen molar-refractivity contribution in [3.63, 3.8) is 0 Å². The van der Waals surface area contributed by atoms with E-state index in [0.717, 1.165) is 30.4 Å². The molecule has 1 aromatic carbocycles. The molecule has 0 bridgehead atoms. The monoisotopic (exact) mass is 376 g/mol. The number of carbonyl (C=O) groups excluding carboxylic acids is 1. The predicted molar refractivity (Wildman–Crippen MR) is 104 cm³/mol. The predicted octanol–water partition coefficient (Wildman–Crippen LogP) is 4.16. The SMILES string of the molecule is CCOC(=O)[C@]12CCC[C@@](C)(O[Si](C)(C)C)[C@@]1(O)c1ccccc1CC2. The van der Waals surface area contributed by atoms with Crippen LogP contribution in [0.4, 0.5) is 0 Å². The number of esters is 1. The largest absolute Gasteiger partial charge is 0.465 e. The highest BCUT2D eigenvalue weighted by molar-refractivity contribution is 6.69. The molecule has 1 fully saturated rings. The number of fused-ring (bicyclic) bond motifs is 3. The summed E-state index contributed by atoms with van der Waals surface area (Å²) < 4.78 is 12.1. The highest BCUT2D eigenvalue weighted by Gasteiger charge is 2.70. The molecule has 1 N–H and O–H groups in total. The summed E-state index contributed by atoms with van der Waals surface area (Å²) in [5.74, 6) is -0.276. The van der Waals surface area contributed by atoms with E-state index in [2.05, 4.69) is 25.7 Å². The van der Waals surface area contributed by atoms with Crippen LogP contribution in [0.25, 0.3) is 0 Å². The van der Waals surface area contributed by atoms with E-state index in [1.807, 2.05) is 32.0 Å². The van der Waals surface area contributed by atoms with Crippen LogP contribution in [-0.4, -0.2) is 31.6 Å². The molecule has 3 atom stereocenters. The van der Waals surface area contributed by atoms with E-state index in [-0.39, 0.29) is 5.97 Å². The summed E-state index contributed by atoms with van der Waals surface area (Å²) in [5, 5.41) is 12.4. The molecule has 0 radical (unpaired) electrons. The molecule has 1 saturated carbocycles. The van der Waals surface area contributed by atoms with E-state index >= 15 is 0 Å². The fourth-order valence-electron chi connectivity index (χ4n) is 5.31. The highest BCUT2D eigenvalue weighted by atomic mass is 28.4. The Morgan fingerprint density at radius 1 is 1.19 bits per heavy atom. The van der Waals surface area contributed by atoms with E-state index in [1.54, 1.807) is 0 Å². The van der Waals surface area contributed by atoms with Crippen molar-refractivity contribution in [3.8, 4) is 0 Å². The van der Waals surface area contributed by atoms with Crippen molar-refractivity contribution in [2.45, 2.75) is 76.8 Å². The van der Waals surface area contributed by atoms with Crippen LogP contribution >= 0.6 is 0 Å². The summed E-state index contributed by atoms with van der Waals surface area (Å²) >= 11 is 0. The molecule has 0 spiro atoms. The Morgan fingerprint density at radius 3 is 2.54 bits per heavy atom. The third-order valence-corrected chi connectivity index (χ3v) is 7.20. The van der Waals surface area contributed by atoms with Crippen molar-refractivity contribution >= 4 is 14.3 Å². The first-order valence-corrected chi connectivity index (χ1v) is 13.2. The Kier molecular flexibility index (Phi) is 4.87. The number of rotatable bonds is 4. The van der Waals surface area contributed by atoms with Crippen molar-refractivity contribution in [3.05, 3.63) is 35.4 Å². The summed E-state index contributed by atoms with van der Waals surface area (Å²) in [6.07, 6.45) is 3.61. The van der Waals surface area contributed by atoms with Crippen LogP contribution in [0.3, 0.4) is 0 Å². The summed E-state index contributed by atoms with van der Waals surface area (Å²) in [7, 11) is -1.96. The van der Waals surface area contributed by atoms with Gasteiger partial charge < -0.3 is 14.3 Å². The second-order valence-electron chi connectivity index (χ2n) is 8.97. The van der Waals surface area contributed by atoms with Gasteiger partial charge in [-0.1, -0.05) is 24.3 Å². The summed E-state index contributed by atoms with van der Waals surface area (Å²) in [6, 6.07) is 7.98. The normalized spacial score (nSPS) is 33.9. The van der Waals surface area contributed by atoms with Crippen molar-refractivity contribution in [1.29, 1.82) is 0 Å². The lowest BCUT2D eigenvalue weighted by molar-refractivity contribution is -0.247. The zero-order valence-corrected chi connectivity index (χ0v) is 17.7. The van der Waals surface area contributed by atoms with Gasteiger partial charge in [-0.25, -0.2) is 0 Å². The fourth-order valence-corrected chi connectivity index (χ4v) is 6.91. The van der Waals surface area contributed by atoms with Gasteiger partial charge in [-0.3, -0.25) is 4.79 Å². The molecule has 0 saturated heterocycles. The van der Waals surface area contributed by atoms with Crippen LogP contribution in [0.15, 0.2) is 24.3 Å². The van der Waals surface area contributed by atoms with Gasteiger partial charge in [0, 0.05) is 0 Å². The first-order chi connectivity index (χ1) is 12.1. The van der Waals surface area contributed by atoms with Crippen LogP contribution in [-0.2, 0) is 26.0 Å². The van der Waals surface area contributed by atoms with Crippen molar-refractivity contribution in [2.75, 3.05) is 6.61 Å². The van der Waals surface area contributed by atoms with Gasteiger partial charge in [-0.15, -0.1) is 0 Å². The van der Waals surface area contributed by atoms with Crippen molar-refractivity contribution < 1.29 is 19.1 Å². The molecule has 2 aliphatic rings. The topological polar surface area (TPSA) is 55.8 Å². The second-order valence-corrected chi connectivity index (χ2v) is 13.4. The van der Waals surface area contributed by atoms with Crippen molar-refractivity contribution in [2.24, 2.45) is 5.41 Å². The quantitative estimate of drug-likeness (QED) is 0.633. The molecule has 4 nitrogen and oxygen atoms in total. The number of carbonyl (C=O) groups is 1. The molecule has 144 valence electrons. The number of aryl methyl sites for hydroxylation is 1. The lowest BCUT2D eigenvalue weighted by Crippen LogP contribution is -2.69. The van der Waals surface area contributed by atoms with Crippen LogP contribution in [0.1, 0.15) is 50.7 Å². The third-order valence-electron chi connectivity index (χ3n) is 6.14. The lowest BCUT2D eigenvalue weighted by atomic mass is 9.50. The molecule has 26 heavy (non-hydrogen) atoms. The van der Waals surface area contributed by atoms with E-state index < -0.39 is 24.9 Å². The molecule has 1 aromatic rings. The smallest absolute Gasteiger partial charge is 0.315 e. The van der Waals surface area contributed by atoms with Crippen LogP contribution in [0, 0.1) is 5.41 Å². The summed E-state index contributed by atoms with van der Waals surface area (Å²) in [5.41, 5.74) is -1.16. The summed E-state index contributed by atoms with van der Waals surface area (Å²) in [4.78, 5) is 13.2. The maximum atomic E-state index is 13.2. The van der Waals surface area contributed by atoms with E-state index in [9.17, 15) is 9.90 Å². The highest BCUT2D eigenvalue weighted by Crippen LogP contribution is 2.62. The van der Waals surface area contributed by atoms with Gasteiger partial charge in [0.05, 0.1) is 12.2 Å². The second kappa shape index (κ2) is 6.46. The molecule has 0 heterocycles. The van der Waals surface area contributed by atoms with E-state index in [0.29, 0.717) is 19.4 Å². The maximum Gasteiger partial charge on any atom is 0.315 e. The third kappa shape index (κ3) is 2.76. The van der Waals surface area contributed by atoms with Crippen LogP contribution in [0.5, 0.6) is 0 Å². The Morgan fingerprint density at radius 2 is 1.88 bits per heavy atom. The molecule has 0 aliphatic heterocycles. The maximum absolute atomic E-state index is 13.2. The number of ether oxygens (including phenoxy) is 1. The lowest BCUT2D eigenvalue weighted by Gasteiger charge is -2.61. The van der Waals surface area contributed by atoms with Crippen LogP contribution < -0.4 is 0 Å². The zero-order chi connectivity index (χ0) is 19.2. The Hall–Kier alpha value is -1.17. The van der Waals surface area contributed by atoms with E-state index in [1.165, 1.54) is 0 Å². The number of aliphatic hydroxyl groups is 1. The Labute approximate surface area is 158 Å². The molecule has 0 amide bonds. The molecule has 3 rings (SSSR count). The Balaban J connectivity index is 2.24. The van der Waals surface area contributed by atoms with Gasteiger partial charge in [-0.2, -0.15) is 0 Å². The number of hydrogen-bond donors (Lipinski definition) is 1. The molecular formula is C21H32O4Si. The molecule has 2 aliphatic carbocycles. The molecule has 0 unspecified atom stereocenters. The minimum atomic E-state index is -1.96. The van der Waals surface area contributed by atoms with Gasteiger partial charge in [0.15, 0.2) is 8.32 Å². The molecular weight excluding hydrogens is 344 g/mol.